The Hall–Kier alpha value is -2.72. The highest BCUT2D eigenvalue weighted by Gasteiger charge is 2.26. The van der Waals surface area contributed by atoms with E-state index in [0.29, 0.717) is 10.6 Å². The molecule has 23 heavy (non-hydrogen) atoms. The number of benzene rings is 2. The van der Waals surface area contributed by atoms with Crippen LogP contribution in [0.1, 0.15) is 11.1 Å². The van der Waals surface area contributed by atoms with Crippen LogP contribution in [0, 0.1) is 0 Å². The van der Waals surface area contributed by atoms with E-state index in [2.05, 4.69) is 10.3 Å². The number of aromatic amines is 1. The quantitative estimate of drug-likeness (QED) is 0.690. The highest BCUT2D eigenvalue weighted by Crippen LogP contribution is 2.38. The summed E-state index contributed by atoms with van der Waals surface area (Å²) < 4.78 is 5.28. The summed E-state index contributed by atoms with van der Waals surface area (Å²) in [6, 6.07) is 11.2. The number of H-pyrrole nitrogens is 1. The Kier molecular flexibility index (Phi) is 3.13. The van der Waals surface area contributed by atoms with Crippen molar-refractivity contribution >= 4 is 45.7 Å². The van der Waals surface area contributed by atoms with Crippen LogP contribution in [0.15, 0.2) is 42.6 Å². The van der Waals surface area contributed by atoms with E-state index in [4.69, 9.17) is 16.3 Å². The smallest absolute Gasteiger partial charge is 0.256 e. The van der Waals surface area contributed by atoms with E-state index in [1.807, 2.05) is 42.6 Å². The minimum absolute atomic E-state index is 0.148. The summed E-state index contributed by atoms with van der Waals surface area (Å²) in [5.74, 6) is 0.622. The highest BCUT2D eigenvalue weighted by molar-refractivity contribution is 6.41. The van der Waals surface area contributed by atoms with Crippen molar-refractivity contribution in [1.82, 2.24) is 4.98 Å². The van der Waals surface area contributed by atoms with Crippen molar-refractivity contribution in [3.8, 4) is 5.75 Å². The first-order valence-corrected chi connectivity index (χ1v) is 7.52. The monoisotopic (exact) mass is 324 g/mol. The Balaban J connectivity index is 1.90. The van der Waals surface area contributed by atoms with Gasteiger partial charge in [0, 0.05) is 28.2 Å². The number of rotatable bonds is 2. The second-order valence-corrected chi connectivity index (χ2v) is 5.74. The number of fused-ring (bicyclic) bond motifs is 2. The lowest BCUT2D eigenvalue weighted by Gasteiger charge is -2.02. The molecule has 0 aliphatic carbocycles. The third-order valence-electron chi connectivity index (χ3n) is 4.00. The van der Waals surface area contributed by atoms with Crippen molar-refractivity contribution in [2.75, 3.05) is 12.4 Å². The molecule has 114 valence electrons. The zero-order valence-electron chi connectivity index (χ0n) is 12.3. The van der Waals surface area contributed by atoms with Crippen LogP contribution in [0.25, 0.3) is 22.6 Å². The van der Waals surface area contributed by atoms with Crippen LogP contribution in [-0.2, 0) is 4.79 Å². The maximum absolute atomic E-state index is 12.3. The molecule has 1 aromatic heterocycles. The standard InChI is InChI=1S/C18H13ClN2O2/c1-23-11-5-6-15-12(8-11)10(9-20-15)7-13-17-14(19)3-2-4-16(17)21-18(13)22/h2-9,20H,1H3,(H,21,22)/b13-7-. The third kappa shape index (κ3) is 2.19. The molecule has 1 aliphatic rings. The molecular weight excluding hydrogens is 312 g/mol. The van der Waals surface area contributed by atoms with Crippen LogP contribution < -0.4 is 10.1 Å². The van der Waals surface area contributed by atoms with Gasteiger partial charge in [0.2, 0.25) is 0 Å². The summed E-state index contributed by atoms with van der Waals surface area (Å²) in [6.07, 6.45) is 3.73. The summed E-state index contributed by atoms with van der Waals surface area (Å²) >= 11 is 6.27. The molecule has 1 amide bonds. The first kappa shape index (κ1) is 13.9. The number of hydrogen-bond donors (Lipinski definition) is 2. The lowest BCUT2D eigenvalue weighted by molar-refractivity contribution is -0.110. The topological polar surface area (TPSA) is 54.1 Å². The summed E-state index contributed by atoms with van der Waals surface area (Å²) in [5.41, 5.74) is 3.95. The molecule has 0 atom stereocenters. The minimum atomic E-state index is -0.148. The second kappa shape index (κ2) is 5.18. The zero-order chi connectivity index (χ0) is 16.0. The average molecular weight is 325 g/mol. The fourth-order valence-electron chi connectivity index (χ4n) is 2.87. The molecule has 5 heteroatoms. The Morgan fingerprint density at radius 1 is 1.22 bits per heavy atom. The first-order valence-electron chi connectivity index (χ1n) is 7.14. The van der Waals surface area contributed by atoms with Gasteiger partial charge in [0.15, 0.2) is 0 Å². The molecule has 4 rings (SSSR count). The normalized spacial score (nSPS) is 15.0. The second-order valence-electron chi connectivity index (χ2n) is 5.33. The number of anilines is 1. The molecule has 0 fully saturated rings. The van der Waals surface area contributed by atoms with Crippen LogP contribution >= 0.6 is 11.6 Å². The number of methoxy groups -OCH3 is 1. The van der Waals surface area contributed by atoms with E-state index >= 15 is 0 Å². The Bertz CT molecular complexity index is 972. The van der Waals surface area contributed by atoms with Crippen LogP contribution in [0.5, 0.6) is 5.75 Å². The van der Waals surface area contributed by atoms with Gasteiger partial charge in [-0.1, -0.05) is 17.7 Å². The van der Waals surface area contributed by atoms with Crippen molar-refractivity contribution in [3.05, 3.63) is 58.7 Å². The molecule has 0 radical (unpaired) electrons. The Labute approximate surface area is 137 Å². The van der Waals surface area contributed by atoms with Crippen LogP contribution in [0.3, 0.4) is 0 Å². The van der Waals surface area contributed by atoms with Gasteiger partial charge < -0.3 is 15.0 Å². The summed E-state index contributed by atoms with van der Waals surface area (Å²) in [5, 5.41) is 4.40. The van der Waals surface area contributed by atoms with Gasteiger partial charge in [-0.25, -0.2) is 0 Å². The van der Waals surface area contributed by atoms with Gasteiger partial charge in [0.05, 0.1) is 23.4 Å². The van der Waals surface area contributed by atoms with Gasteiger partial charge in [0.25, 0.3) is 5.91 Å². The minimum Gasteiger partial charge on any atom is -0.497 e. The van der Waals surface area contributed by atoms with Gasteiger partial charge >= 0.3 is 0 Å². The van der Waals surface area contributed by atoms with Gasteiger partial charge in [-0.2, -0.15) is 0 Å². The number of hydrogen-bond acceptors (Lipinski definition) is 2. The number of aromatic nitrogens is 1. The summed E-state index contributed by atoms with van der Waals surface area (Å²) in [6.45, 7) is 0. The molecule has 1 aliphatic heterocycles. The van der Waals surface area contributed by atoms with Crippen molar-refractivity contribution in [1.29, 1.82) is 0 Å². The molecule has 0 spiro atoms. The van der Waals surface area contributed by atoms with E-state index < -0.39 is 0 Å². The van der Waals surface area contributed by atoms with E-state index in [1.54, 1.807) is 13.2 Å². The molecule has 0 saturated heterocycles. The van der Waals surface area contributed by atoms with Crippen LogP contribution in [0.4, 0.5) is 5.69 Å². The largest absolute Gasteiger partial charge is 0.497 e. The van der Waals surface area contributed by atoms with Crippen molar-refractivity contribution in [3.63, 3.8) is 0 Å². The number of ether oxygens (including phenoxy) is 1. The number of halogens is 1. The molecule has 0 unspecified atom stereocenters. The molecule has 0 saturated carbocycles. The number of amides is 1. The molecule has 3 aromatic rings. The molecule has 2 heterocycles. The lowest BCUT2D eigenvalue weighted by atomic mass is 10.0. The Morgan fingerprint density at radius 2 is 2.09 bits per heavy atom. The van der Waals surface area contributed by atoms with E-state index in [9.17, 15) is 4.79 Å². The lowest BCUT2D eigenvalue weighted by Crippen LogP contribution is -2.03. The molecule has 2 N–H and O–H groups in total. The van der Waals surface area contributed by atoms with Crippen molar-refractivity contribution in [2.45, 2.75) is 0 Å². The van der Waals surface area contributed by atoms with Crippen LogP contribution in [0.2, 0.25) is 5.02 Å². The van der Waals surface area contributed by atoms with Gasteiger partial charge in [0.1, 0.15) is 5.75 Å². The fourth-order valence-corrected chi connectivity index (χ4v) is 3.14. The van der Waals surface area contributed by atoms with Crippen molar-refractivity contribution < 1.29 is 9.53 Å². The van der Waals surface area contributed by atoms with Gasteiger partial charge in [-0.3, -0.25) is 4.79 Å². The number of nitrogens with one attached hydrogen (secondary N) is 2. The van der Waals surface area contributed by atoms with E-state index in [-0.39, 0.29) is 5.91 Å². The number of carbonyl (C=O) groups excluding carboxylic acids is 1. The molecule has 0 bridgehead atoms. The van der Waals surface area contributed by atoms with Gasteiger partial charge in [-0.15, -0.1) is 0 Å². The molecule has 4 nitrogen and oxygen atoms in total. The third-order valence-corrected chi connectivity index (χ3v) is 4.31. The van der Waals surface area contributed by atoms with Crippen LogP contribution in [-0.4, -0.2) is 18.0 Å². The maximum atomic E-state index is 12.3. The maximum Gasteiger partial charge on any atom is 0.256 e. The SMILES string of the molecule is COc1ccc2[nH]cc(/C=C3\C(=O)Nc4cccc(Cl)c43)c2c1. The van der Waals surface area contributed by atoms with Gasteiger partial charge in [-0.05, 0) is 36.4 Å². The molecular formula is C18H13ClN2O2. The predicted octanol–water partition coefficient (Wildman–Crippen LogP) is 4.32. The zero-order valence-corrected chi connectivity index (χ0v) is 13.1. The van der Waals surface area contributed by atoms with Crippen molar-refractivity contribution in [2.24, 2.45) is 0 Å². The summed E-state index contributed by atoms with van der Waals surface area (Å²) in [7, 11) is 1.63. The predicted molar refractivity (Wildman–Crippen MR) is 92.8 cm³/mol. The highest BCUT2D eigenvalue weighted by atomic mass is 35.5. The van der Waals surface area contributed by atoms with E-state index in [0.717, 1.165) is 33.5 Å². The number of carbonyl (C=O) groups is 1. The fraction of sp³-hybridized carbons (Fsp3) is 0.0556. The van der Waals surface area contributed by atoms with E-state index in [1.165, 1.54) is 0 Å². The average Bonchev–Trinajstić information content (AvgIpc) is 3.09. The Morgan fingerprint density at radius 3 is 2.91 bits per heavy atom. The summed E-state index contributed by atoms with van der Waals surface area (Å²) in [4.78, 5) is 15.5. The first-order chi connectivity index (χ1) is 11.2. The molecule has 2 aromatic carbocycles.